The van der Waals surface area contributed by atoms with Gasteiger partial charge in [-0.2, -0.15) is 21.6 Å². The lowest BCUT2D eigenvalue weighted by Crippen LogP contribution is -2.41. The van der Waals surface area contributed by atoms with Crippen molar-refractivity contribution >= 4 is 28.5 Å². The molecule has 0 bridgehead atoms. The van der Waals surface area contributed by atoms with Gasteiger partial charge >= 0.3 is 15.6 Å². The average molecular weight is 365 g/mol. The van der Waals surface area contributed by atoms with Crippen LogP contribution in [0.15, 0.2) is 12.7 Å². The molecule has 0 amide bonds. The van der Waals surface area contributed by atoms with Crippen LogP contribution in [0.4, 0.5) is 13.2 Å². The third-order valence-electron chi connectivity index (χ3n) is 3.23. The molecule has 1 fully saturated rings. The van der Waals surface area contributed by atoms with Gasteiger partial charge in [-0.15, -0.1) is 16.9 Å². The summed E-state index contributed by atoms with van der Waals surface area (Å²) in [5.41, 5.74) is -5.37. The molecule has 0 N–H and O–H groups in total. The lowest BCUT2D eigenvalue weighted by molar-refractivity contribution is -0.0496. The van der Waals surface area contributed by atoms with Crippen LogP contribution in [-0.4, -0.2) is 38.4 Å². The van der Waals surface area contributed by atoms with E-state index in [1.165, 1.54) is 0 Å². The first kappa shape index (κ1) is 19.1. The molecular formula is C12H23F3O3S2Si. The second-order valence-corrected chi connectivity index (χ2v) is 17.5. The molecule has 126 valence electrons. The topological polar surface area (TPSA) is 43.4 Å². The van der Waals surface area contributed by atoms with Gasteiger partial charge < -0.3 is 0 Å². The Hall–Kier alpha value is 0.00688. The minimum absolute atomic E-state index is 0.282. The van der Waals surface area contributed by atoms with Crippen LogP contribution in [0.2, 0.25) is 19.6 Å². The summed E-state index contributed by atoms with van der Waals surface area (Å²) in [6.07, 6.45) is 3.81. The Balaban J connectivity index is 3.22. The molecule has 0 aliphatic carbocycles. The van der Waals surface area contributed by atoms with Gasteiger partial charge in [0.1, 0.15) is 0 Å². The maximum atomic E-state index is 12.7. The minimum Gasteiger partial charge on any atom is -0.213 e. The zero-order valence-corrected chi connectivity index (χ0v) is 15.2. The van der Waals surface area contributed by atoms with Gasteiger partial charge in [-0.1, -0.05) is 32.1 Å². The van der Waals surface area contributed by atoms with Gasteiger partial charge in [0.05, 0.1) is 8.07 Å². The molecule has 1 rings (SSSR count). The molecule has 1 heterocycles. The molecule has 3 nitrogen and oxygen atoms in total. The van der Waals surface area contributed by atoms with Gasteiger partial charge in [0.25, 0.3) is 0 Å². The molecule has 2 unspecified atom stereocenters. The van der Waals surface area contributed by atoms with Crippen LogP contribution in [0.25, 0.3) is 0 Å². The van der Waals surface area contributed by atoms with Crippen molar-refractivity contribution in [2.45, 2.75) is 49.7 Å². The smallest absolute Gasteiger partial charge is 0.213 e. The fourth-order valence-corrected chi connectivity index (χ4v) is 14.9. The van der Waals surface area contributed by atoms with Crippen LogP contribution < -0.4 is 0 Å². The van der Waals surface area contributed by atoms with Gasteiger partial charge in [0, 0.05) is 11.0 Å². The fourth-order valence-electron chi connectivity index (χ4n) is 2.59. The van der Waals surface area contributed by atoms with E-state index in [1.807, 2.05) is 19.6 Å². The number of alkyl halides is 3. The van der Waals surface area contributed by atoms with Gasteiger partial charge in [-0.05, 0) is 18.2 Å². The number of hydrogen-bond donors (Lipinski definition) is 0. The predicted octanol–water partition coefficient (Wildman–Crippen LogP) is 4.19. The Morgan fingerprint density at radius 3 is 2.33 bits per heavy atom. The second kappa shape index (κ2) is 6.25. The Labute approximate surface area is 127 Å². The van der Waals surface area contributed by atoms with Gasteiger partial charge in [-0.3, -0.25) is 0 Å². The van der Waals surface area contributed by atoms with Crippen LogP contribution in [-0.2, 0) is 13.7 Å². The average Bonchev–Trinajstić information content (AvgIpc) is 2.24. The summed E-state index contributed by atoms with van der Waals surface area (Å²) in [7, 11) is -9.71. The molecule has 1 saturated heterocycles. The van der Waals surface area contributed by atoms with Crippen LogP contribution in [0, 0.1) is 0 Å². The highest BCUT2D eigenvalue weighted by atomic mass is 32.3. The maximum Gasteiger partial charge on any atom is 0.523 e. The van der Waals surface area contributed by atoms with E-state index in [4.69, 9.17) is 3.63 Å². The van der Waals surface area contributed by atoms with E-state index in [-0.39, 0.29) is 5.25 Å². The lowest BCUT2D eigenvalue weighted by Gasteiger charge is -2.49. The number of rotatable bonds is 5. The molecule has 9 heteroatoms. The molecular weight excluding hydrogens is 341 g/mol. The largest absolute Gasteiger partial charge is 0.523 e. The van der Waals surface area contributed by atoms with Gasteiger partial charge in [-0.25, -0.2) is 3.63 Å². The minimum atomic E-state index is -5.56. The summed E-state index contributed by atoms with van der Waals surface area (Å²) < 4.78 is 66.1. The molecule has 21 heavy (non-hydrogen) atoms. The van der Waals surface area contributed by atoms with Crippen molar-refractivity contribution in [1.29, 1.82) is 0 Å². The Kier molecular flexibility index (Phi) is 5.67. The van der Waals surface area contributed by atoms with Crippen LogP contribution in [0.1, 0.15) is 19.3 Å². The number of halogens is 3. The van der Waals surface area contributed by atoms with Crippen LogP contribution >= 0.6 is 10.3 Å². The molecule has 0 aromatic heterocycles. The highest BCUT2D eigenvalue weighted by Gasteiger charge is 2.53. The van der Waals surface area contributed by atoms with Crippen molar-refractivity contribution < 1.29 is 25.2 Å². The van der Waals surface area contributed by atoms with Crippen molar-refractivity contribution in [1.82, 2.24) is 0 Å². The zero-order chi connectivity index (χ0) is 16.5. The van der Waals surface area contributed by atoms with Gasteiger partial charge in [0.2, 0.25) is 0 Å². The Morgan fingerprint density at radius 2 is 1.90 bits per heavy atom. The third-order valence-corrected chi connectivity index (χ3v) is 13.5. The first-order valence-electron chi connectivity index (χ1n) is 6.75. The summed E-state index contributed by atoms with van der Waals surface area (Å²) in [6, 6.07) is 0. The first-order chi connectivity index (χ1) is 9.33. The van der Waals surface area contributed by atoms with Crippen molar-refractivity contribution in [2.24, 2.45) is 0 Å². The normalized spacial score (nSPS) is 31.4. The molecule has 0 aromatic carbocycles. The van der Waals surface area contributed by atoms with E-state index < -0.39 is 34.0 Å². The first-order valence-corrected chi connectivity index (χ1v) is 13.8. The summed E-state index contributed by atoms with van der Waals surface area (Å²) in [4.78, 5) is 0. The van der Waals surface area contributed by atoms with Crippen molar-refractivity contribution in [2.75, 3.05) is 11.1 Å². The summed E-state index contributed by atoms with van der Waals surface area (Å²) in [5, 5.41) is 0.168. The Bertz CT molecular complexity index is 485. The van der Waals surface area contributed by atoms with Crippen molar-refractivity contribution in [3.63, 3.8) is 0 Å². The molecule has 2 atom stereocenters. The van der Waals surface area contributed by atoms with E-state index in [0.29, 0.717) is 24.0 Å². The molecule has 0 spiro atoms. The zero-order valence-electron chi connectivity index (χ0n) is 12.6. The standard InChI is InChI=1S/C12H23F3O3S2Si/c1-5-11-8-6-7-9-19(11,10-21(2,3)4)18-20(16,17)12(13,14)15/h5,11H,1,6-10H2,2-4H3. The Morgan fingerprint density at radius 1 is 1.33 bits per heavy atom. The molecule has 0 aromatic rings. The SMILES string of the molecule is C=CC1CCCCS1(C[Si](C)(C)C)OS(=O)(=O)C(F)(F)F. The van der Waals surface area contributed by atoms with E-state index >= 15 is 0 Å². The van der Waals surface area contributed by atoms with E-state index in [1.54, 1.807) is 6.08 Å². The quantitative estimate of drug-likeness (QED) is 0.417. The summed E-state index contributed by atoms with van der Waals surface area (Å²) in [6.45, 7) is 9.72. The molecule has 0 saturated carbocycles. The van der Waals surface area contributed by atoms with Crippen molar-refractivity contribution in [3.8, 4) is 0 Å². The third kappa shape index (κ3) is 4.74. The van der Waals surface area contributed by atoms with Gasteiger partial charge in [0.15, 0.2) is 0 Å². The van der Waals surface area contributed by atoms with Crippen LogP contribution in [0.5, 0.6) is 0 Å². The lowest BCUT2D eigenvalue weighted by atomic mass is 10.2. The second-order valence-electron chi connectivity index (χ2n) is 6.52. The van der Waals surface area contributed by atoms with E-state index in [9.17, 15) is 21.6 Å². The van der Waals surface area contributed by atoms with E-state index in [2.05, 4.69) is 6.58 Å². The van der Waals surface area contributed by atoms with Crippen molar-refractivity contribution in [3.05, 3.63) is 12.7 Å². The highest BCUT2D eigenvalue weighted by molar-refractivity contribution is 8.34. The summed E-state index contributed by atoms with van der Waals surface area (Å²) in [5.74, 6) is 0.406. The monoisotopic (exact) mass is 364 g/mol. The predicted molar refractivity (Wildman–Crippen MR) is 84.6 cm³/mol. The maximum absolute atomic E-state index is 12.7. The number of hydrogen-bond acceptors (Lipinski definition) is 3. The van der Waals surface area contributed by atoms with E-state index in [0.717, 1.165) is 6.42 Å². The molecule has 1 aliphatic rings. The summed E-state index contributed by atoms with van der Waals surface area (Å²) >= 11 is 0. The highest BCUT2D eigenvalue weighted by Crippen LogP contribution is 2.62. The van der Waals surface area contributed by atoms with Crippen LogP contribution in [0.3, 0.4) is 0 Å². The molecule has 1 aliphatic heterocycles. The molecule has 0 radical (unpaired) electrons. The fraction of sp³-hybridized carbons (Fsp3) is 0.833.